The first kappa shape index (κ1) is 14.3. The lowest BCUT2D eigenvalue weighted by Crippen LogP contribution is -2.07. The van der Waals surface area contributed by atoms with Crippen molar-refractivity contribution < 1.29 is 14.2 Å². The Labute approximate surface area is 110 Å². The second-order valence-corrected chi connectivity index (χ2v) is 4.34. The molecule has 17 heavy (non-hydrogen) atoms. The quantitative estimate of drug-likeness (QED) is 0.783. The standard InChI is InChI=1S/C12H18BrNO3/c1-15-5-6-17-12-10(13)7-9(3-4-14)8-11(12)16-2/h7-8H,3-6,14H2,1-2H3. The van der Waals surface area contributed by atoms with E-state index in [4.69, 9.17) is 19.9 Å². The molecule has 96 valence electrons. The third-order valence-corrected chi connectivity index (χ3v) is 2.85. The maximum absolute atomic E-state index is 5.60. The molecule has 0 bridgehead atoms. The zero-order valence-electron chi connectivity index (χ0n) is 10.2. The Morgan fingerprint density at radius 2 is 2.00 bits per heavy atom. The van der Waals surface area contributed by atoms with Crippen molar-refractivity contribution in [3.8, 4) is 11.5 Å². The molecule has 0 atom stereocenters. The summed E-state index contributed by atoms with van der Waals surface area (Å²) in [5.41, 5.74) is 6.66. The van der Waals surface area contributed by atoms with Crippen LogP contribution >= 0.6 is 15.9 Å². The lowest BCUT2D eigenvalue weighted by molar-refractivity contribution is 0.143. The van der Waals surface area contributed by atoms with Crippen LogP contribution < -0.4 is 15.2 Å². The molecule has 0 heterocycles. The number of nitrogens with two attached hydrogens (primary N) is 1. The Hall–Kier alpha value is -0.780. The average molecular weight is 304 g/mol. The third kappa shape index (κ3) is 4.18. The van der Waals surface area contributed by atoms with Crippen molar-refractivity contribution in [3.63, 3.8) is 0 Å². The van der Waals surface area contributed by atoms with Crippen molar-refractivity contribution in [2.45, 2.75) is 6.42 Å². The number of hydrogen-bond acceptors (Lipinski definition) is 4. The molecule has 0 aliphatic rings. The van der Waals surface area contributed by atoms with Gasteiger partial charge in [-0.3, -0.25) is 0 Å². The predicted molar refractivity (Wildman–Crippen MR) is 70.8 cm³/mol. The van der Waals surface area contributed by atoms with Crippen LogP contribution in [0.2, 0.25) is 0 Å². The number of rotatable bonds is 7. The van der Waals surface area contributed by atoms with Gasteiger partial charge in [-0.05, 0) is 46.6 Å². The van der Waals surface area contributed by atoms with Crippen LogP contribution in [0.25, 0.3) is 0 Å². The minimum atomic E-state index is 0.488. The monoisotopic (exact) mass is 303 g/mol. The highest BCUT2D eigenvalue weighted by molar-refractivity contribution is 9.10. The number of hydrogen-bond donors (Lipinski definition) is 1. The summed E-state index contributed by atoms with van der Waals surface area (Å²) in [5.74, 6) is 1.41. The van der Waals surface area contributed by atoms with Crippen molar-refractivity contribution in [1.29, 1.82) is 0 Å². The maximum atomic E-state index is 5.60. The van der Waals surface area contributed by atoms with E-state index in [1.54, 1.807) is 14.2 Å². The third-order valence-electron chi connectivity index (χ3n) is 2.26. The van der Waals surface area contributed by atoms with Crippen LogP contribution in [0.5, 0.6) is 11.5 Å². The Kier molecular flexibility index (Phi) is 6.32. The molecule has 1 rings (SSSR count). The summed E-state index contributed by atoms with van der Waals surface area (Å²) in [7, 11) is 3.26. The molecule has 0 amide bonds. The van der Waals surface area contributed by atoms with E-state index < -0.39 is 0 Å². The second kappa shape index (κ2) is 7.53. The van der Waals surface area contributed by atoms with Crippen LogP contribution in [-0.4, -0.2) is 34.0 Å². The molecule has 0 fully saturated rings. The van der Waals surface area contributed by atoms with E-state index in [0.29, 0.717) is 31.3 Å². The molecule has 0 aliphatic carbocycles. The van der Waals surface area contributed by atoms with Crippen LogP contribution in [0.4, 0.5) is 0 Å². The fraction of sp³-hybridized carbons (Fsp3) is 0.500. The van der Waals surface area contributed by atoms with Gasteiger partial charge in [-0.15, -0.1) is 0 Å². The molecule has 0 saturated heterocycles. The second-order valence-electron chi connectivity index (χ2n) is 3.49. The summed E-state index contributed by atoms with van der Waals surface area (Å²) >= 11 is 3.47. The lowest BCUT2D eigenvalue weighted by Gasteiger charge is -2.14. The summed E-state index contributed by atoms with van der Waals surface area (Å²) in [6, 6.07) is 3.94. The molecule has 4 nitrogen and oxygen atoms in total. The summed E-state index contributed by atoms with van der Waals surface area (Å²) < 4.78 is 16.7. The van der Waals surface area contributed by atoms with Crippen LogP contribution in [-0.2, 0) is 11.2 Å². The van der Waals surface area contributed by atoms with Gasteiger partial charge in [-0.1, -0.05) is 0 Å². The summed E-state index contributed by atoms with van der Waals surface area (Å²) in [4.78, 5) is 0. The number of methoxy groups -OCH3 is 2. The van der Waals surface area contributed by atoms with E-state index in [0.717, 1.165) is 16.5 Å². The molecular formula is C12H18BrNO3. The number of ether oxygens (including phenoxy) is 3. The minimum absolute atomic E-state index is 0.488. The lowest BCUT2D eigenvalue weighted by atomic mass is 10.1. The van der Waals surface area contributed by atoms with Gasteiger partial charge in [0.15, 0.2) is 11.5 Å². The highest BCUT2D eigenvalue weighted by Crippen LogP contribution is 2.36. The Morgan fingerprint density at radius 3 is 2.59 bits per heavy atom. The average Bonchev–Trinajstić information content (AvgIpc) is 2.32. The molecule has 0 unspecified atom stereocenters. The predicted octanol–water partition coefficient (Wildman–Crippen LogP) is 1.98. The van der Waals surface area contributed by atoms with Crippen LogP contribution in [0.3, 0.4) is 0 Å². The number of benzene rings is 1. The number of halogens is 1. The van der Waals surface area contributed by atoms with E-state index in [1.807, 2.05) is 12.1 Å². The zero-order valence-corrected chi connectivity index (χ0v) is 11.7. The van der Waals surface area contributed by atoms with E-state index >= 15 is 0 Å². The van der Waals surface area contributed by atoms with Gasteiger partial charge in [-0.2, -0.15) is 0 Å². The Balaban J connectivity index is 2.87. The zero-order chi connectivity index (χ0) is 12.7. The fourth-order valence-electron chi connectivity index (χ4n) is 1.45. The van der Waals surface area contributed by atoms with Gasteiger partial charge in [0.25, 0.3) is 0 Å². The van der Waals surface area contributed by atoms with Gasteiger partial charge in [0.05, 0.1) is 18.2 Å². The summed E-state index contributed by atoms with van der Waals surface area (Å²) in [6.07, 6.45) is 0.813. The first-order valence-electron chi connectivity index (χ1n) is 5.41. The smallest absolute Gasteiger partial charge is 0.175 e. The molecule has 1 aromatic carbocycles. The van der Waals surface area contributed by atoms with Crippen molar-refractivity contribution in [2.24, 2.45) is 5.73 Å². The van der Waals surface area contributed by atoms with Crippen LogP contribution in [0, 0.1) is 0 Å². The molecule has 0 saturated carbocycles. The molecule has 1 aromatic rings. The Bertz CT molecular complexity index is 358. The van der Waals surface area contributed by atoms with Crippen molar-refractivity contribution in [1.82, 2.24) is 0 Å². The van der Waals surface area contributed by atoms with E-state index in [1.165, 1.54) is 0 Å². The van der Waals surface area contributed by atoms with Gasteiger partial charge in [0.1, 0.15) is 6.61 Å². The molecular weight excluding hydrogens is 286 g/mol. The molecule has 0 aliphatic heterocycles. The normalized spacial score (nSPS) is 10.4. The topological polar surface area (TPSA) is 53.7 Å². The van der Waals surface area contributed by atoms with Crippen molar-refractivity contribution in [3.05, 3.63) is 22.2 Å². The summed E-state index contributed by atoms with van der Waals surface area (Å²) in [5, 5.41) is 0. The van der Waals surface area contributed by atoms with Gasteiger partial charge in [-0.25, -0.2) is 0 Å². The van der Waals surface area contributed by atoms with Gasteiger partial charge >= 0.3 is 0 Å². The Morgan fingerprint density at radius 1 is 1.24 bits per heavy atom. The van der Waals surface area contributed by atoms with E-state index in [-0.39, 0.29) is 0 Å². The van der Waals surface area contributed by atoms with E-state index in [9.17, 15) is 0 Å². The van der Waals surface area contributed by atoms with Gasteiger partial charge < -0.3 is 19.9 Å². The largest absolute Gasteiger partial charge is 0.493 e. The van der Waals surface area contributed by atoms with Crippen LogP contribution in [0.15, 0.2) is 16.6 Å². The highest BCUT2D eigenvalue weighted by Gasteiger charge is 2.11. The molecule has 2 N–H and O–H groups in total. The van der Waals surface area contributed by atoms with E-state index in [2.05, 4.69) is 15.9 Å². The first-order valence-corrected chi connectivity index (χ1v) is 6.20. The van der Waals surface area contributed by atoms with Gasteiger partial charge in [0, 0.05) is 7.11 Å². The minimum Gasteiger partial charge on any atom is -0.493 e. The fourth-order valence-corrected chi connectivity index (χ4v) is 2.06. The SMILES string of the molecule is COCCOc1c(Br)cc(CCN)cc1OC. The van der Waals surface area contributed by atoms with Crippen LogP contribution in [0.1, 0.15) is 5.56 Å². The molecule has 5 heteroatoms. The van der Waals surface area contributed by atoms with Crippen molar-refractivity contribution in [2.75, 3.05) is 34.0 Å². The molecule has 0 aromatic heterocycles. The maximum Gasteiger partial charge on any atom is 0.175 e. The summed E-state index contributed by atoms with van der Waals surface area (Å²) in [6.45, 7) is 1.64. The van der Waals surface area contributed by atoms with Gasteiger partial charge in [0.2, 0.25) is 0 Å². The van der Waals surface area contributed by atoms with Crippen molar-refractivity contribution >= 4 is 15.9 Å². The molecule has 0 radical (unpaired) electrons. The first-order chi connectivity index (χ1) is 8.22. The highest BCUT2D eigenvalue weighted by atomic mass is 79.9. The molecule has 0 spiro atoms.